The zero-order valence-electron chi connectivity index (χ0n) is 21.9. The number of hydrogen-bond acceptors (Lipinski definition) is 0. The number of aryl methyl sites for hydroxylation is 2. The van der Waals surface area contributed by atoms with Crippen molar-refractivity contribution in [3.63, 3.8) is 0 Å². The second-order valence-corrected chi connectivity index (χ2v) is 7.85. The van der Waals surface area contributed by atoms with Gasteiger partial charge < -0.3 is 0 Å². The third kappa shape index (κ3) is 13.5. The summed E-state index contributed by atoms with van der Waals surface area (Å²) in [5.41, 5.74) is 2.87. The van der Waals surface area contributed by atoms with Crippen LogP contribution in [0.15, 0.2) is 133 Å². The van der Waals surface area contributed by atoms with Crippen LogP contribution >= 0.6 is 24.8 Å². The smallest absolute Gasteiger partial charge is 0.171 e. The second kappa shape index (κ2) is 22.7. The van der Waals surface area contributed by atoms with Gasteiger partial charge in [0.05, 0.1) is 0 Å². The number of rotatable bonds is 2. The van der Waals surface area contributed by atoms with E-state index in [1.165, 1.54) is 56.0 Å². The first-order chi connectivity index (χ1) is 17.8. The Morgan fingerprint density at radius 1 is 0.553 bits per heavy atom. The maximum Gasteiger partial charge on any atom is -0.171 e. The Hall–Kier alpha value is -2.22. The van der Waals surface area contributed by atoms with E-state index in [9.17, 15) is 0 Å². The molecule has 0 aliphatic carbocycles. The van der Waals surface area contributed by atoms with Gasteiger partial charge in [0, 0.05) is 0 Å². The van der Waals surface area contributed by atoms with Crippen LogP contribution in [0.1, 0.15) is 25.0 Å². The van der Waals surface area contributed by atoms with E-state index in [1.54, 1.807) is 0 Å². The molecule has 0 bridgehead atoms. The zero-order chi connectivity index (χ0) is 25.8. The minimum Gasteiger partial charge on any atom is -0.184 e. The van der Waals surface area contributed by atoms with Crippen LogP contribution in [0.3, 0.4) is 0 Å². The van der Waals surface area contributed by atoms with Gasteiger partial charge in [-0.25, -0.2) is 0 Å². The van der Waals surface area contributed by atoms with Crippen molar-refractivity contribution >= 4 is 53.2 Å². The van der Waals surface area contributed by atoms with Crippen LogP contribution in [0.5, 0.6) is 0 Å². The fourth-order valence-corrected chi connectivity index (χ4v) is 3.52. The van der Waals surface area contributed by atoms with Crippen molar-refractivity contribution in [2.75, 3.05) is 0 Å². The Balaban J connectivity index is 0.000000478. The van der Waals surface area contributed by atoms with Gasteiger partial charge in [0.15, 0.2) is 0 Å². The van der Waals surface area contributed by atoms with E-state index in [4.69, 9.17) is 0 Å². The van der Waals surface area contributed by atoms with Gasteiger partial charge in [-0.05, 0) is 12.8 Å². The van der Waals surface area contributed by atoms with Gasteiger partial charge in [-0.1, -0.05) is 26.0 Å². The monoisotopic (exact) mass is 630 g/mol. The molecule has 6 aromatic rings. The van der Waals surface area contributed by atoms with E-state index in [-0.39, 0.29) is 24.8 Å². The Morgan fingerprint density at radius 3 is 1.13 bits per heavy atom. The summed E-state index contributed by atoms with van der Waals surface area (Å²) >= 11 is 1.36. The maximum absolute atomic E-state index is 3.06. The summed E-state index contributed by atoms with van der Waals surface area (Å²) in [4.78, 5) is 0. The molecule has 0 atom stereocenters. The average Bonchev–Trinajstić information content (AvgIpc) is 3.61. The van der Waals surface area contributed by atoms with Gasteiger partial charge in [-0.2, -0.15) is 84.9 Å². The first kappa shape index (κ1) is 35.8. The Kier molecular flexibility index (Phi) is 21.4. The molecule has 38 heavy (non-hydrogen) atoms. The molecule has 0 nitrogen and oxygen atoms in total. The van der Waals surface area contributed by atoms with E-state index in [1.807, 2.05) is 60.7 Å². The average molecular weight is 633 g/mol. The van der Waals surface area contributed by atoms with Gasteiger partial charge in [0.1, 0.15) is 0 Å². The molecule has 0 saturated heterocycles. The summed E-state index contributed by atoms with van der Waals surface area (Å²) < 4.78 is 0. The van der Waals surface area contributed by atoms with Crippen LogP contribution in [0.4, 0.5) is 0 Å². The molecule has 0 fully saturated rings. The molecule has 0 aliphatic heterocycles. The Labute approximate surface area is 258 Å². The quantitative estimate of drug-likeness (QED) is 0.132. The zero-order valence-corrected chi connectivity index (χ0v) is 27.0. The summed E-state index contributed by atoms with van der Waals surface area (Å²) in [6, 6.07) is 51.0. The molecule has 0 N–H and O–H groups in total. The van der Waals surface area contributed by atoms with Gasteiger partial charge in [0.2, 0.25) is 0 Å². The summed E-state index contributed by atoms with van der Waals surface area (Å²) in [5.74, 6) is 0. The fourth-order valence-electron chi connectivity index (χ4n) is 3.52. The van der Waals surface area contributed by atoms with E-state index in [0.717, 1.165) is 12.8 Å². The van der Waals surface area contributed by atoms with Gasteiger partial charge >= 0.3 is 30.2 Å². The van der Waals surface area contributed by atoms with Crippen molar-refractivity contribution in [3.05, 3.63) is 157 Å². The third-order valence-electron chi connectivity index (χ3n) is 5.39. The summed E-state index contributed by atoms with van der Waals surface area (Å²) in [7, 11) is 0. The molecule has 0 amide bonds. The van der Waals surface area contributed by atoms with Crippen molar-refractivity contribution in [1.82, 2.24) is 0 Å². The van der Waals surface area contributed by atoms with Crippen molar-refractivity contribution in [1.29, 1.82) is 0 Å². The van der Waals surface area contributed by atoms with E-state index >= 15 is 0 Å². The predicted octanol–water partition coefficient (Wildman–Crippen LogP) is 9.68. The summed E-state index contributed by atoms with van der Waals surface area (Å²) in [5, 5.41) is 5.46. The molecule has 0 saturated carbocycles. The third-order valence-corrected chi connectivity index (χ3v) is 5.39. The van der Waals surface area contributed by atoms with Crippen molar-refractivity contribution in [2.24, 2.45) is 0 Å². The number of halogens is 2. The van der Waals surface area contributed by atoms with Gasteiger partial charge in [-0.3, -0.25) is 0 Å². The van der Waals surface area contributed by atoms with Crippen molar-refractivity contribution in [2.45, 2.75) is 26.7 Å². The Bertz CT molecular complexity index is 1120. The molecule has 4 heteroatoms. The molecule has 0 aromatic heterocycles. The van der Waals surface area contributed by atoms with Crippen LogP contribution in [0.25, 0.3) is 21.5 Å². The number of fused-ring (bicyclic) bond motifs is 2. The van der Waals surface area contributed by atoms with Gasteiger partial charge in [-0.15, -0.1) is 106 Å². The topological polar surface area (TPSA) is 0 Å². The van der Waals surface area contributed by atoms with E-state index < -0.39 is 0 Å². The largest absolute Gasteiger partial charge is 0.184 e. The van der Waals surface area contributed by atoms with E-state index in [2.05, 4.69) is 106 Å². The first-order valence-corrected chi connectivity index (χ1v) is 16.3. The second-order valence-electron chi connectivity index (χ2n) is 7.85. The van der Waals surface area contributed by atoms with Crippen LogP contribution in [0.2, 0.25) is 0 Å². The standard InChI is InChI=1S/2C11H11.2C6H5.2ClH.Si.Zr/c2*1-2-9-7-10-5-3-4-6-11(10)8-9;2*1-2-4-6-5-3-1;;;;/h2*3-8H,2H2,1H3;2*1-5H;2*1H;;/q4*-1;;;;. The van der Waals surface area contributed by atoms with E-state index in [0.29, 0.717) is 0 Å². The molecule has 0 aliphatic rings. The first-order valence-electron chi connectivity index (χ1n) is 12.2. The SMILES string of the molecule is CCc1cc2ccccc2[cH-]1.CCc1cc2ccccc2[cH-]1.Cl.Cl.[Si]=[Zr].[c-]1ccccc1.[c-]1ccccc1. The minimum atomic E-state index is 0. The molecule has 6 aromatic carbocycles. The predicted molar refractivity (Wildman–Crippen MR) is 169 cm³/mol. The summed E-state index contributed by atoms with van der Waals surface area (Å²) in [6.45, 7) is 7.44. The number of benzene rings is 4. The molecular formula is C34H34Cl2SiZr-4. The molecule has 196 valence electrons. The normalized spacial score (nSPS) is 8.76. The summed E-state index contributed by atoms with van der Waals surface area (Å²) in [6.07, 6.45) is 2.27. The van der Waals surface area contributed by atoms with Crippen LogP contribution in [0, 0.1) is 12.1 Å². The van der Waals surface area contributed by atoms with Crippen LogP contribution in [-0.4, -0.2) is 6.88 Å². The Morgan fingerprint density at radius 2 is 0.895 bits per heavy atom. The minimum absolute atomic E-state index is 0. The maximum atomic E-state index is 3.06. The number of hydrogen-bond donors (Lipinski definition) is 0. The van der Waals surface area contributed by atoms with Crippen molar-refractivity contribution < 1.29 is 23.3 Å². The molecule has 0 heterocycles. The molecule has 6 rings (SSSR count). The van der Waals surface area contributed by atoms with Crippen LogP contribution < -0.4 is 0 Å². The van der Waals surface area contributed by atoms with Crippen molar-refractivity contribution in [3.8, 4) is 0 Å². The van der Waals surface area contributed by atoms with Gasteiger partial charge in [0.25, 0.3) is 0 Å². The molecule has 0 spiro atoms. The molecule has 0 unspecified atom stereocenters. The molecule has 2 radical (unpaired) electrons. The fraction of sp³-hybridized carbons (Fsp3) is 0.118. The molecular weight excluding hydrogens is 599 g/mol. The van der Waals surface area contributed by atoms with Crippen LogP contribution in [-0.2, 0) is 36.2 Å².